The van der Waals surface area contributed by atoms with Crippen LogP contribution in [0.15, 0.2) is 28.7 Å². The first-order chi connectivity index (χ1) is 8.72. The van der Waals surface area contributed by atoms with Crippen LogP contribution in [-0.4, -0.2) is 44.6 Å². The lowest BCUT2D eigenvalue weighted by Crippen LogP contribution is -2.32. The monoisotopic (exact) mass is 317 g/mol. The van der Waals surface area contributed by atoms with E-state index in [1.54, 1.807) is 7.11 Å². The van der Waals surface area contributed by atoms with Crippen LogP contribution in [0, 0.1) is 0 Å². The average Bonchev–Trinajstić information content (AvgIpc) is 2.35. The van der Waals surface area contributed by atoms with Gasteiger partial charge in [0, 0.05) is 24.7 Å². The third kappa shape index (κ3) is 7.08. The molecule has 0 aliphatic heterocycles. The highest BCUT2D eigenvalue weighted by Crippen LogP contribution is 2.12. The summed E-state index contributed by atoms with van der Waals surface area (Å²) in [6, 6.07) is 7.93. The van der Waals surface area contributed by atoms with Gasteiger partial charge in [-0.1, -0.05) is 28.1 Å². The number of halogens is 1. The highest BCUT2D eigenvalue weighted by molar-refractivity contribution is 9.10. The number of aliphatic hydroxyl groups is 1. The Labute approximate surface area is 116 Å². The molecule has 0 aliphatic carbocycles. The zero-order valence-corrected chi connectivity index (χ0v) is 12.1. The van der Waals surface area contributed by atoms with Crippen molar-refractivity contribution in [2.24, 2.45) is 0 Å². The van der Waals surface area contributed by atoms with Crippen molar-refractivity contribution in [3.8, 4) is 0 Å². The zero-order chi connectivity index (χ0) is 13.2. The fourth-order valence-electron chi connectivity index (χ4n) is 1.44. The molecule has 1 aromatic carbocycles. The highest BCUT2D eigenvalue weighted by Gasteiger charge is 2.03. The first-order valence-corrected chi connectivity index (χ1v) is 6.71. The number of hydrogen-bond acceptors (Lipinski definition) is 4. The van der Waals surface area contributed by atoms with Crippen molar-refractivity contribution in [1.82, 2.24) is 5.32 Å². The molecule has 0 aromatic heterocycles. The topological polar surface area (TPSA) is 50.7 Å². The number of hydrogen-bond donors (Lipinski definition) is 2. The molecule has 0 fully saturated rings. The van der Waals surface area contributed by atoms with E-state index in [4.69, 9.17) is 9.47 Å². The minimum absolute atomic E-state index is 0.326. The van der Waals surface area contributed by atoms with Crippen molar-refractivity contribution in [1.29, 1.82) is 0 Å². The second-order valence-electron chi connectivity index (χ2n) is 4.00. The van der Waals surface area contributed by atoms with E-state index in [1.807, 2.05) is 24.3 Å². The lowest BCUT2D eigenvalue weighted by atomic mass is 10.2. The fraction of sp³-hybridized carbons (Fsp3) is 0.538. The van der Waals surface area contributed by atoms with Gasteiger partial charge in [-0.25, -0.2) is 0 Å². The maximum atomic E-state index is 9.64. The van der Waals surface area contributed by atoms with Gasteiger partial charge >= 0.3 is 0 Å². The first-order valence-electron chi connectivity index (χ1n) is 5.92. The first kappa shape index (κ1) is 15.6. The second kappa shape index (κ2) is 9.47. The van der Waals surface area contributed by atoms with Gasteiger partial charge in [0.1, 0.15) is 0 Å². The molecule has 0 radical (unpaired) electrons. The molecule has 1 aromatic rings. The van der Waals surface area contributed by atoms with Gasteiger partial charge in [0.25, 0.3) is 0 Å². The van der Waals surface area contributed by atoms with Gasteiger partial charge in [-0.2, -0.15) is 0 Å². The molecule has 0 saturated heterocycles. The minimum atomic E-state index is -0.492. The van der Waals surface area contributed by atoms with Gasteiger partial charge in [-0.05, 0) is 17.7 Å². The number of nitrogens with one attached hydrogen (secondary N) is 1. The van der Waals surface area contributed by atoms with Crippen LogP contribution in [0.5, 0.6) is 0 Å². The number of methoxy groups -OCH3 is 1. The van der Waals surface area contributed by atoms with Crippen molar-refractivity contribution < 1.29 is 14.6 Å². The van der Waals surface area contributed by atoms with Gasteiger partial charge in [-0.15, -0.1) is 0 Å². The number of aliphatic hydroxyl groups excluding tert-OH is 1. The van der Waals surface area contributed by atoms with E-state index in [9.17, 15) is 5.11 Å². The Morgan fingerprint density at radius 3 is 3.00 bits per heavy atom. The van der Waals surface area contributed by atoms with Crippen LogP contribution >= 0.6 is 15.9 Å². The Balaban J connectivity index is 2.09. The predicted octanol–water partition coefficient (Wildman–Crippen LogP) is 1.56. The summed E-state index contributed by atoms with van der Waals surface area (Å²) in [4.78, 5) is 0. The molecule has 2 N–H and O–H groups in total. The smallest absolute Gasteiger partial charge is 0.0897 e. The van der Waals surface area contributed by atoms with Crippen LogP contribution in [0.2, 0.25) is 0 Å². The molecule has 5 heteroatoms. The molecule has 0 saturated carbocycles. The van der Waals surface area contributed by atoms with E-state index in [0.717, 1.165) is 16.6 Å². The lowest BCUT2D eigenvalue weighted by molar-refractivity contribution is 0.0282. The maximum Gasteiger partial charge on any atom is 0.0897 e. The zero-order valence-electron chi connectivity index (χ0n) is 10.6. The Morgan fingerprint density at radius 1 is 1.44 bits per heavy atom. The number of benzene rings is 1. The maximum absolute atomic E-state index is 9.64. The van der Waals surface area contributed by atoms with Crippen LogP contribution in [-0.2, 0) is 16.1 Å². The van der Waals surface area contributed by atoms with Crippen molar-refractivity contribution >= 4 is 15.9 Å². The third-order valence-electron chi connectivity index (χ3n) is 2.33. The van der Waals surface area contributed by atoms with Crippen LogP contribution < -0.4 is 5.32 Å². The Kier molecular flexibility index (Phi) is 8.20. The van der Waals surface area contributed by atoms with E-state index < -0.39 is 6.10 Å². The summed E-state index contributed by atoms with van der Waals surface area (Å²) in [5.41, 5.74) is 1.09. The Morgan fingerprint density at radius 2 is 2.28 bits per heavy atom. The van der Waals surface area contributed by atoms with Crippen molar-refractivity contribution in [2.45, 2.75) is 12.7 Å². The van der Waals surface area contributed by atoms with E-state index in [1.165, 1.54) is 0 Å². The molecule has 102 valence electrons. The van der Waals surface area contributed by atoms with Gasteiger partial charge in [0.15, 0.2) is 0 Å². The molecule has 18 heavy (non-hydrogen) atoms. The SMILES string of the molecule is COCCNCC(O)COCc1cccc(Br)c1. The number of rotatable bonds is 9. The van der Waals surface area contributed by atoms with Gasteiger partial charge in [-0.3, -0.25) is 0 Å². The van der Waals surface area contributed by atoms with E-state index in [0.29, 0.717) is 26.4 Å². The molecule has 0 heterocycles. The molecular formula is C13H20BrNO3. The average molecular weight is 318 g/mol. The normalized spacial score (nSPS) is 12.6. The molecule has 0 bridgehead atoms. The van der Waals surface area contributed by atoms with Crippen LogP contribution in [0.3, 0.4) is 0 Å². The van der Waals surface area contributed by atoms with Crippen molar-refractivity contribution in [3.05, 3.63) is 34.3 Å². The predicted molar refractivity (Wildman–Crippen MR) is 74.6 cm³/mol. The van der Waals surface area contributed by atoms with Crippen molar-refractivity contribution in [2.75, 3.05) is 33.4 Å². The molecule has 0 amide bonds. The Hall–Kier alpha value is -0.460. The highest BCUT2D eigenvalue weighted by atomic mass is 79.9. The fourth-order valence-corrected chi connectivity index (χ4v) is 1.89. The van der Waals surface area contributed by atoms with Gasteiger partial charge in [0.2, 0.25) is 0 Å². The second-order valence-corrected chi connectivity index (χ2v) is 4.91. The quantitative estimate of drug-likeness (QED) is 0.679. The molecule has 1 rings (SSSR count). The largest absolute Gasteiger partial charge is 0.389 e. The van der Waals surface area contributed by atoms with Crippen LogP contribution in [0.1, 0.15) is 5.56 Å². The summed E-state index contributed by atoms with van der Waals surface area (Å²) in [6.07, 6.45) is -0.492. The molecule has 1 unspecified atom stereocenters. The van der Waals surface area contributed by atoms with Crippen LogP contribution in [0.25, 0.3) is 0 Å². The molecule has 0 spiro atoms. The third-order valence-corrected chi connectivity index (χ3v) is 2.82. The summed E-state index contributed by atoms with van der Waals surface area (Å²) in [5.74, 6) is 0. The van der Waals surface area contributed by atoms with Crippen molar-refractivity contribution in [3.63, 3.8) is 0 Å². The Bertz CT molecular complexity index is 336. The molecule has 4 nitrogen and oxygen atoms in total. The molecule has 0 aliphatic rings. The summed E-state index contributed by atoms with van der Waals surface area (Å²) in [7, 11) is 1.65. The van der Waals surface area contributed by atoms with Crippen LogP contribution in [0.4, 0.5) is 0 Å². The van der Waals surface area contributed by atoms with E-state index in [2.05, 4.69) is 21.2 Å². The summed E-state index contributed by atoms with van der Waals surface area (Å²) >= 11 is 3.41. The lowest BCUT2D eigenvalue weighted by Gasteiger charge is -2.12. The van der Waals surface area contributed by atoms with E-state index in [-0.39, 0.29) is 0 Å². The van der Waals surface area contributed by atoms with E-state index >= 15 is 0 Å². The van der Waals surface area contributed by atoms with Gasteiger partial charge < -0.3 is 19.9 Å². The van der Waals surface area contributed by atoms with Gasteiger partial charge in [0.05, 0.1) is 25.9 Å². The summed E-state index contributed by atoms with van der Waals surface area (Å²) in [5, 5.41) is 12.7. The minimum Gasteiger partial charge on any atom is -0.389 e. The molecule has 1 atom stereocenters. The number of ether oxygens (including phenoxy) is 2. The molecular weight excluding hydrogens is 298 g/mol. The summed E-state index contributed by atoms with van der Waals surface area (Å²) in [6.45, 7) is 2.73. The summed E-state index contributed by atoms with van der Waals surface area (Å²) < 4.78 is 11.4. The standard InChI is InChI=1S/C13H20BrNO3/c1-17-6-5-15-8-13(16)10-18-9-11-3-2-4-12(14)7-11/h2-4,7,13,15-16H,5-6,8-10H2,1H3.